The fourth-order valence-electron chi connectivity index (χ4n) is 0.671. The summed E-state index contributed by atoms with van der Waals surface area (Å²) in [5, 5.41) is 0. The Morgan fingerprint density at radius 3 is 2.70 bits per heavy atom. The van der Waals surface area contributed by atoms with Crippen LogP contribution in [0, 0.1) is 0 Å². The Kier molecular flexibility index (Phi) is 6.08. The van der Waals surface area contributed by atoms with Gasteiger partial charge in [-0.1, -0.05) is 13.0 Å². The van der Waals surface area contributed by atoms with E-state index in [1.807, 2.05) is 6.08 Å². The predicted molar refractivity (Wildman–Crippen MR) is 46.5 cm³/mol. The molecule has 0 aliphatic carbocycles. The molecule has 0 aromatic carbocycles. The predicted octanol–water partition coefficient (Wildman–Crippen LogP) is 1.37. The lowest BCUT2D eigenvalue weighted by Gasteiger charge is -1.94. The van der Waals surface area contributed by atoms with Crippen LogP contribution in [-0.2, 0) is 0 Å². The summed E-state index contributed by atoms with van der Waals surface area (Å²) in [5.41, 5.74) is 6.45. The average Bonchev–Trinajstić information content (AvgIpc) is 1.98. The van der Waals surface area contributed by atoms with Gasteiger partial charge in [-0.05, 0) is 19.0 Å². The van der Waals surface area contributed by atoms with E-state index in [-0.39, 0.29) is 0 Å². The normalized spacial score (nSPS) is 12.9. The van der Waals surface area contributed by atoms with E-state index in [0.717, 1.165) is 18.6 Å². The van der Waals surface area contributed by atoms with Crippen molar-refractivity contribution in [2.45, 2.75) is 19.8 Å². The smallest absolute Gasteiger partial charge is 0.0354 e. The molecular weight excluding hydrogens is 124 g/mol. The number of hydrogen-bond acceptors (Lipinski definition) is 2. The third-order valence-electron chi connectivity index (χ3n) is 1.23. The summed E-state index contributed by atoms with van der Waals surface area (Å²) in [4.78, 5) is 4.07. The van der Waals surface area contributed by atoms with E-state index in [9.17, 15) is 0 Å². The van der Waals surface area contributed by atoms with Gasteiger partial charge in [-0.25, -0.2) is 0 Å². The van der Waals surface area contributed by atoms with Gasteiger partial charge in [0.05, 0.1) is 0 Å². The molecule has 0 rings (SSSR count). The molecule has 10 heavy (non-hydrogen) atoms. The number of allylic oxidation sites excluding steroid dienone is 2. The molecule has 0 saturated carbocycles. The SMILES string of the molecule is CC/C=C\C(CCN)=NC. The Hall–Kier alpha value is -0.630. The summed E-state index contributed by atoms with van der Waals surface area (Å²) >= 11 is 0. The minimum Gasteiger partial charge on any atom is -0.330 e. The summed E-state index contributed by atoms with van der Waals surface area (Å²) in [7, 11) is 1.80. The lowest BCUT2D eigenvalue weighted by Crippen LogP contribution is -2.05. The van der Waals surface area contributed by atoms with Crippen molar-refractivity contribution in [3.8, 4) is 0 Å². The zero-order valence-electron chi connectivity index (χ0n) is 6.80. The van der Waals surface area contributed by atoms with E-state index >= 15 is 0 Å². The molecule has 0 amide bonds. The summed E-state index contributed by atoms with van der Waals surface area (Å²) in [6.07, 6.45) is 6.07. The highest BCUT2D eigenvalue weighted by molar-refractivity contribution is 5.94. The van der Waals surface area contributed by atoms with Crippen LogP contribution in [-0.4, -0.2) is 19.3 Å². The molecule has 2 N–H and O–H groups in total. The Morgan fingerprint density at radius 2 is 2.30 bits per heavy atom. The van der Waals surface area contributed by atoms with Gasteiger partial charge in [-0.15, -0.1) is 0 Å². The van der Waals surface area contributed by atoms with Crippen molar-refractivity contribution >= 4 is 5.71 Å². The molecule has 2 nitrogen and oxygen atoms in total. The Balaban J connectivity index is 3.72. The number of hydrogen-bond donors (Lipinski definition) is 1. The van der Waals surface area contributed by atoms with Crippen LogP contribution in [0.5, 0.6) is 0 Å². The molecule has 0 bridgehead atoms. The molecule has 0 aromatic rings. The maximum atomic E-state index is 5.36. The second-order valence-corrected chi connectivity index (χ2v) is 2.06. The summed E-state index contributed by atoms with van der Waals surface area (Å²) in [5.74, 6) is 0. The van der Waals surface area contributed by atoms with E-state index in [2.05, 4.69) is 18.0 Å². The molecule has 0 saturated heterocycles. The molecule has 0 aliphatic rings. The lowest BCUT2D eigenvalue weighted by atomic mass is 10.2. The number of rotatable bonds is 4. The number of nitrogens with zero attached hydrogens (tertiary/aromatic N) is 1. The summed E-state index contributed by atoms with van der Waals surface area (Å²) in [6.45, 7) is 2.78. The van der Waals surface area contributed by atoms with Crippen molar-refractivity contribution < 1.29 is 0 Å². The third-order valence-corrected chi connectivity index (χ3v) is 1.23. The van der Waals surface area contributed by atoms with Gasteiger partial charge in [0, 0.05) is 19.2 Å². The topological polar surface area (TPSA) is 38.4 Å². The largest absolute Gasteiger partial charge is 0.330 e. The maximum absolute atomic E-state index is 5.36. The first kappa shape index (κ1) is 9.37. The fourth-order valence-corrected chi connectivity index (χ4v) is 0.671. The molecule has 0 radical (unpaired) electrons. The standard InChI is InChI=1S/C8H16N2/c1-3-4-5-8(10-2)6-7-9/h4-5H,3,6-7,9H2,1-2H3/b5-4-,10-8?. The second kappa shape index (κ2) is 6.49. The molecule has 58 valence electrons. The molecule has 0 atom stereocenters. The average molecular weight is 140 g/mol. The quantitative estimate of drug-likeness (QED) is 0.588. The maximum Gasteiger partial charge on any atom is 0.0354 e. The van der Waals surface area contributed by atoms with Crippen LogP contribution in [0.3, 0.4) is 0 Å². The van der Waals surface area contributed by atoms with Crippen molar-refractivity contribution in [3.63, 3.8) is 0 Å². The van der Waals surface area contributed by atoms with Gasteiger partial charge in [0.1, 0.15) is 0 Å². The van der Waals surface area contributed by atoms with E-state index in [4.69, 9.17) is 5.73 Å². The summed E-state index contributed by atoms with van der Waals surface area (Å²) < 4.78 is 0. The van der Waals surface area contributed by atoms with E-state index in [1.54, 1.807) is 7.05 Å². The van der Waals surface area contributed by atoms with Crippen molar-refractivity contribution in [2.24, 2.45) is 10.7 Å². The van der Waals surface area contributed by atoms with Crippen molar-refractivity contribution in [2.75, 3.05) is 13.6 Å². The minimum absolute atomic E-state index is 0.681. The van der Waals surface area contributed by atoms with Gasteiger partial charge >= 0.3 is 0 Å². The second-order valence-electron chi connectivity index (χ2n) is 2.06. The van der Waals surface area contributed by atoms with Gasteiger partial charge < -0.3 is 5.73 Å². The Bertz CT molecular complexity index is 125. The first-order valence-electron chi connectivity index (χ1n) is 3.67. The van der Waals surface area contributed by atoms with Crippen LogP contribution in [0.15, 0.2) is 17.1 Å². The van der Waals surface area contributed by atoms with E-state index in [0.29, 0.717) is 6.54 Å². The number of nitrogens with two attached hydrogens (primary N) is 1. The van der Waals surface area contributed by atoms with Crippen LogP contribution in [0.1, 0.15) is 19.8 Å². The van der Waals surface area contributed by atoms with Crippen molar-refractivity contribution in [1.82, 2.24) is 0 Å². The van der Waals surface area contributed by atoms with Crippen LogP contribution in [0.4, 0.5) is 0 Å². The van der Waals surface area contributed by atoms with E-state index < -0.39 is 0 Å². The zero-order valence-corrected chi connectivity index (χ0v) is 6.80. The molecule has 0 unspecified atom stereocenters. The minimum atomic E-state index is 0.681. The molecule has 2 heteroatoms. The third kappa shape index (κ3) is 4.27. The molecule has 0 spiro atoms. The fraction of sp³-hybridized carbons (Fsp3) is 0.625. The van der Waals surface area contributed by atoms with Crippen LogP contribution >= 0.6 is 0 Å². The molecule has 0 aromatic heterocycles. The van der Waals surface area contributed by atoms with Crippen molar-refractivity contribution in [1.29, 1.82) is 0 Å². The highest BCUT2D eigenvalue weighted by Gasteiger charge is 1.87. The van der Waals surface area contributed by atoms with Gasteiger partial charge in [0.2, 0.25) is 0 Å². The van der Waals surface area contributed by atoms with E-state index in [1.165, 1.54) is 0 Å². The van der Waals surface area contributed by atoms with Gasteiger partial charge in [0.25, 0.3) is 0 Å². The Labute approximate surface area is 62.8 Å². The van der Waals surface area contributed by atoms with Crippen LogP contribution < -0.4 is 5.73 Å². The number of aliphatic imine (C=N–C) groups is 1. The highest BCUT2D eigenvalue weighted by Crippen LogP contribution is 1.88. The molecular formula is C8H16N2. The highest BCUT2D eigenvalue weighted by atomic mass is 14.7. The van der Waals surface area contributed by atoms with Crippen molar-refractivity contribution in [3.05, 3.63) is 12.2 Å². The van der Waals surface area contributed by atoms with Crippen LogP contribution in [0.2, 0.25) is 0 Å². The zero-order chi connectivity index (χ0) is 7.82. The lowest BCUT2D eigenvalue weighted by molar-refractivity contribution is 1.04. The first-order chi connectivity index (χ1) is 4.85. The monoisotopic (exact) mass is 140 g/mol. The molecule has 0 fully saturated rings. The first-order valence-corrected chi connectivity index (χ1v) is 3.67. The van der Waals surface area contributed by atoms with Crippen LogP contribution in [0.25, 0.3) is 0 Å². The van der Waals surface area contributed by atoms with Gasteiger partial charge in [0.15, 0.2) is 0 Å². The Morgan fingerprint density at radius 1 is 1.60 bits per heavy atom. The summed E-state index contributed by atoms with van der Waals surface area (Å²) in [6, 6.07) is 0. The molecule has 0 aliphatic heterocycles. The van der Waals surface area contributed by atoms with Gasteiger partial charge in [-0.3, -0.25) is 4.99 Å². The molecule has 0 heterocycles. The van der Waals surface area contributed by atoms with Gasteiger partial charge in [-0.2, -0.15) is 0 Å².